The Morgan fingerprint density at radius 2 is 1.97 bits per heavy atom. The number of halogens is 1. The number of aliphatic hydroxyl groups excluding tert-OH is 1. The maximum Gasteiger partial charge on any atom is 0.229 e. The van der Waals surface area contributed by atoms with Crippen molar-refractivity contribution in [1.29, 1.82) is 0 Å². The van der Waals surface area contributed by atoms with Crippen LogP contribution in [0.25, 0.3) is 16.9 Å². The second-order valence-electron chi connectivity index (χ2n) is 8.23. The number of aromatic nitrogens is 5. The lowest BCUT2D eigenvalue weighted by Gasteiger charge is -2.19. The highest BCUT2D eigenvalue weighted by Crippen LogP contribution is 2.22. The van der Waals surface area contributed by atoms with Gasteiger partial charge < -0.3 is 15.7 Å². The summed E-state index contributed by atoms with van der Waals surface area (Å²) in [7, 11) is 2.02. The standard InChI is InChI=1S/C23H25BrN8O/c1-31-14-18(33)10-17(31)12-26-22-29-21-19(24)13-28-32(21)23(30-22)27-11-15-5-7-16(8-6-15)20-4-2-3-9-25-20/h2-9,13,17-18,33H,10-12,14H2,1H3,(H2,26,27,29,30)/t17-,18+/m0/s1. The fraction of sp³-hybridized carbons (Fsp3) is 0.304. The van der Waals surface area contributed by atoms with E-state index in [0.717, 1.165) is 27.7 Å². The Hall–Kier alpha value is -3.08. The van der Waals surface area contributed by atoms with Crippen LogP contribution in [0.15, 0.2) is 59.3 Å². The number of hydrogen-bond donors (Lipinski definition) is 3. The number of likely N-dealkylation sites (N-methyl/N-ethyl adjacent to an activating group) is 1. The first-order valence-corrected chi connectivity index (χ1v) is 11.6. The third kappa shape index (κ3) is 4.82. The van der Waals surface area contributed by atoms with Gasteiger partial charge in [-0.3, -0.25) is 9.88 Å². The second kappa shape index (κ2) is 9.42. The molecule has 0 spiro atoms. The molecule has 0 radical (unpaired) electrons. The Kier molecular flexibility index (Phi) is 6.21. The average Bonchev–Trinajstić information content (AvgIpc) is 3.37. The van der Waals surface area contributed by atoms with Gasteiger partial charge in [-0.25, -0.2) is 0 Å². The first-order chi connectivity index (χ1) is 16.1. The molecule has 1 aliphatic heterocycles. The predicted molar refractivity (Wildman–Crippen MR) is 131 cm³/mol. The number of benzene rings is 1. The van der Waals surface area contributed by atoms with E-state index in [0.29, 0.717) is 37.2 Å². The summed E-state index contributed by atoms with van der Waals surface area (Å²) < 4.78 is 2.48. The lowest BCUT2D eigenvalue weighted by molar-refractivity contribution is 0.182. The number of hydrogen-bond acceptors (Lipinski definition) is 8. The molecule has 170 valence electrons. The molecule has 0 amide bonds. The first kappa shape index (κ1) is 21.7. The van der Waals surface area contributed by atoms with Gasteiger partial charge in [-0.05, 0) is 47.1 Å². The predicted octanol–water partition coefficient (Wildman–Crippen LogP) is 3.04. The van der Waals surface area contributed by atoms with Crippen LogP contribution in [0.3, 0.4) is 0 Å². The van der Waals surface area contributed by atoms with Crippen molar-refractivity contribution in [3.63, 3.8) is 0 Å². The van der Waals surface area contributed by atoms with Gasteiger partial charge >= 0.3 is 0 Å². The van der Waals surface area contributed by atoms with Crippen molar-refractivity contribution in [2.75, 3.05) is 30.8 Å². The Morgan fingerprint density at radius 1 is 1.12 bits per heavy atom. The summed E-state index contributed by atoms with van der Waals surface area (Å²) in [6.07, 6.45) is 3.96. The summed E-state index contributed by atoms with van der Waals surface area (Å²) in [6.45, 7) is 1.93. The smallest absolute Gasteiger partial charge is 0.229 e. The molecule has 0 aliphatic carbocycles. The molecule has 5 rings (SSSR count). The number of likely N-dealkylation sites (tertiary alicyclic amines) is 1. The number of rotatable bonds is 7. The summed E-state index contributed by atoms with van der Waals surface area (Å²) >= 11 is 3.52. The molecule has 1 aromatic carbocycles. The summed E-state index contributed by atoms with van der Waals surface area (Å²) in [6, 6.07) is 14.4. The van der Waals surface area contributed by atoms with Crippen LogP contribution in [-0.2, 0) is 6.54 Å². The van der Waals surface area contributed by atoms with Gasteiger partial charge in [0.05, 0.1) is 22.5 Å². The molecule has 4 aromatic rings. The summed E-state index contributed by atoms with van der Waals surface area (Å²) in [5, 5.41) is 21.0. The van der Waals surface area contributed by atoms with Crippen molar-refractivity contribution >= 4 is 33.5 Å². The molecule has 0 bridgehead atoms. The maximum absolute atomic E-state index is 9.89. The van der Waals surface area contributed by atoms with Crippen molar-refractivity contribution < 1.29 is 5.11 Å². The van der Waals surface area contributed by atoms with Crippen LogP contribution in [0.2, 0.25) is 0 Å². The molecule has 10 heteroatoms. The summed E-state index contributed by atoms with van der Waals surface area (Å²) in [4.78, 5) is 15.8. The van der Waals surface area contributed by atoms with Crippen LogP contribution in [-0.4, -0.2) is 66.9 Å². The zero-order chi connectivity index (χ0) is 22.8. The van der Waals surface area contributed by atoms with Gasteiger partial charge in [0.15, 0.2) is 5.65 Å². The van der Waals surface area contributed by atoms with Crippen LogP contribution in [0, 0.1) is 0 Å². The Labute approximate surface area is 200 Å². The Bertz CT molecular complexity index is 1230. The molecule has 1 saturated heterocycles. The third-order valence-corrected chi connectivity index (χ3v) is 6.41. The fourth-order valence-electron chi connectivity index (χ4n) is 4.05. The molecular formula is C23H25BrN8O. The molecule has 3 N–H and O–H groups in total. The van der Waals surface area contributed by atoms with E-state index in [9.17, 15) is 5.11 Å². The van der Waals surface area contributed by atoms with Gasteiger partial charge in [-0.1, -0.05) is 30.3 Å². The van der Waals surface area contributed by atoms with E-state index in [-0.39, 0.29) is 12.1 Å². The molecule has 33 heavy (non-hydrogen) atoms. The number of pyridine rings is 1. The van der Waals surface area contributed by atoms with Crippen LogP contribution < -0.4 is 10.6 Å². The van der Waals surface area contributed by atoms with Gasteiger partial charge in [-0.2, -0.15) is 19.6 Å². The minimum Gasteiger partial charge on any atom is -0.392 e. The maximum atomic E-state index is 9.89. The van der Waals surface area contributed by atoms with Gasteiger partial charge in [0.2, 0.25) is 11.9 Å². The van der Waals surface area contributed by atoms with E-state index >= 15 is 0 Å². The van der Waals surface area contributed by atoms with Crippen molar-refractivity contribution in [1.82, 2.24) is 29.5 Å². The Morgan fingerprint density at radius 3 is 2.70 bits per heavy atom. The van der Waals surface area contributed by atoms with Gasteiger partial charge in [0, 0.05) is 37.4 Å². The van der Waals surface area contributed by atoms with E-state index < -0.39 is 0 Å². The number of aliphatic hydroxyl groups is 1. The van der Waals surface area contributed by atoms with E-state index in [4.69, 9.17) is 0 Å². The third-order valence-electron chi connectivity index (χ3n) is 5.85. The molecule has 9 nitrogen and oxygen atoms in total. The van der Waals surface area contributed by atoms with Crippen molar-refractivity contribution in [2.45, 2.75) is 25.1 Å². The van der Waals surface area contributed by atoms with Crippen molar-refractivity contribution in [3.05, 3.63) is 64.9 Å². The number of fused-ring (bicyclic) bond motifs is 1. The van der Waals surface area contributed by atoms with E-state index in [1.54, 1.807) is 16.9 Å². The van der Waals surface area contributed by atoms with Crippen LogP contribution in [0.4, 0.5) is 11.9 Å². The minimum atomic E-state index is -0.282. The molecule has 4 heterocycles. The van der Waals surface area contributed by atoms with Crippen LogP contribution in [0.5, 0.6) is 0 Å². The van der Waals surface area contributed by atoms with Crippen molar-refractivity contribution in [2.24, 2.45) is 0 Å². The van der Waals surface area contributed by atoms with Crippen molar-refractivity contribution in [3.8, 4) is 11.3 Å². The highest BCUT2D eigenvalue weighted by Gasteiger charge is 2.27. The highest BCUT2D eigenvalue weighted by atomic mass is 79.9. The summed E-state index contributed by atoms with van der Waals surface area (Å²) in [5.74, 6) is 1.12. The van der Waals surface area contributed by atoms with Gasteiger partial charge in [-0.15, -0.1) is 0 Å². The quantitative estimate of drug-likeness (QED) is 0.350. The summed E-state index contributed by atoms with van der Waals surface area (Å²) in [5.41, 5.74) is 3.82. The molecule has 1 fully saturated rings. The van der Waals surface area contributed by atoms with Gasteiger partial charge in [0.25, 0.3) is 0 Å². The molecule has 0 saturated carbocycles. The normalized spacial score (nSPS) is 18.6. The zero-order valence-corrected chi connectivity index (χ0v) is 19.8. The van der Waals surface area contributed by atoms with E-state index in [1.807, 2.05) is 25.2 Å². The lowest BCUT2D eigenvalue weighted by Crippen LogP contribution is -2.32. The number of β-amino-alcohol motifs (C(OH)–C–C–N with tert-alkyl or cyclic N) is 1. The molecule has 2 atom stereocenters. The Balaban J connectivity index is 1.31. The second-order valence-corrected chi connectivity index (χ2v) is 9.08. The topological polar surface area (TPSA) is 104 Å². The molecule has 1 aliphatic rings. The molecule has 3 aromatic heterocycles. The average molecular weight is 509 g/mol. The minimum absolute atomic E-state index is 0.238. The van der Waals surface area contributed by atoms with Gasteiger partial charge in [0.1, 0.15) is 0 Å². The molecular weight excluding hydrogens is 484 g/mol. The van der Waals surface area contributed by atoms with Crippen LogP contribution in [0.1, 0.15) is 12.0 Å². The molecule has 0 unspecified atom stereocenters. The SMILES string of the molecule is CN1C[C@H](O)C[C@H]1CNc1nc(NCc2ccc(-c3ccccn3)cc2)n2ncc(Br)c2n1. The monoisotopic (exact) mass is 508 g/mol. The lowest BCUT2D eigenvalue weighted by atomic mass is 10.1. The zero-order valence-electron chi connectivity index (χ0n) is 18.2. The number of nitrogens with zero attached hydrogens (tertiary/aromatic N) is 6. The largest absolute Gasteiger partial charge is 0.392 e. The highest BCUT2D eigenvalue weighted by molar-refractivity contribution is 9.10. The number of nitrogens with one attached hydrogen (secondary N) is 2. The fourth-order valence-corrected chi connectivity index (χ4v) is 4.40. The first-order valence-electron chi connectivity index (χ1n) is 10.8. The number of anilines is 2. The van der Waals surface area contributed by atoms with E-state index in [1.165, 1.54) is 0 Å². The van der Waals surface area contributed by atoms with Crippen LogP contribution >= 0.6 is 15.9 Å². The van der Waals surface area contributed by atoms with E-state index in [2.05, 4.69) is 75.8 Å².